The van der Waals surface area contributed by atoms with Crippen molar-refractivity contribution in [3.05, 3.63) is 24.3 Å². The van der Waals surface area contributed by atoms with Gasteiger partial charge in [0.2, 0.25) is 5.91 Å². The first-order valence-electron chi connectivity index (χ1n) is 26.1. The lowest BCUT2D eigenvalue weighted by Gasteiger charge is -2.48. The monoisotopic (exact) mass is 994 g/mol. The van der Waals surface area contributed by atoms with Gasteiger partial charge in [0.1, 0.15) is 73.2 Å². The third kappa shape index (κ3) is 21.3. The zero-order valence-electron chi connectivity index (χ0n) is 41.3. The molecule has 3 aliphatic heterocycles. The first-order chi connectivity index (χ1) is 33.3. The number of ether oxygens (including phenoxy) is 6. The molecular weight excluding hydrogens is 903 g/mol. The van der Waals surface area contributed by atoms with Gasteiger partial charge in [-0.3, -0.25) is 4.79 Å². The molecule has 0 aliphatic carbocycles. The Labute approximate surface area is 409 Å². The second-order valence-electron chi connectivity index (χ2n) is 19.0. The van der Waals surface area contributed by atoms with E-state index in [9.17, 15) is 61.0 Å². The highest BCUT2D eigenvalue weighted by molar-refractivity contribution is 5.76. The highest BCUT2D eigenvalue weighted by Crippen LogP contribution is 2.33. The van der Waals surface area contributed by atoms with Crippen molar-refractivity contribution in [2.24, 2.45) is 0 Å². The minimum absolute atomic E-state index is 0.234. The fourth-order valence-electron chi connectivity index (χ4n) is 8.83. The van der Waals surface area contributed by atoms with E-state index < -0.39 is 124 Å². The largest absolute Gasteiger partial charge is 0.394 e. The van der Waals surface area contributed by atoms with Crippen LogP contribution >= 0.6 is 0 Å². The molecule has 404 valence electrons. The molecule has 3 fully saturated rings. The summed E-state index contributed by atoms with van der Waals surface area (Å²) in [4.78, 5) is 13.2. The lowest BCUT2D eigenvalue weighted by molar-refractivity contribution is -0.379. The normalized spacial score (nSPS) is 33.0. The van der Waals surface area contributed by atoms with Crippen LogP contribution in [-0.4, -0.2) is 193 Å². The molecule has 0 spiro atoms. The Hall–Kier alpha value is -1.73. The molecule has 17 unspecified atom stereocenters. The molecule has 3 saturated heterocycles. The lowest BCUT2D eigenvalue weighted by Crippen LogP contribution is -2.66. The molecule has 0 aromatic heterocycles. The van der Waals surface area contributed by atoms with Crippen LogP contribution in [0.2, 0.25) is 0 Å². The van der Waals surface area contributed by atoms with E-state index in [-0.39, 0.29) is 18.9 Å². The molecule has 12 N–H and O–H groups in total. The Bertz CT molecular complexity index is 1380. The van der Waals surface area contributed by atoms with Gasteiger partial charge < -0.3 is 89.9 Å². The van der Waals surface area contributed by atoms with Crippen LogP contribution in [0.15, 0.2) is 24.3 Å². The summed E-state index contributed by atoms with van der Waals surface area (Å²) >= 11 is 0. The van der Waals surface area contributed by atoms with Gasteiger partial charge in [-0.2, -0.15) is 0 Å². The molecule has 3 rings (SSSR count). The molecule has 19 heteroatoms. The van der Waals surface area contributed by atoms with Crippen molar-refractivity contribution in [1.82, 2.24) is 5.32 Å². The Morgan fingerprint density at radius 2 is 0.913 bits per heavy atom. The summed E-state index contributed by atoms with van der Waals surface area (Å²) in [6, 6.07) is -0.971. The molecule has 17 atom stereocenters. The number of hydrogen-bond acceptors (Lipinski definition) is 18. The number of unbranched alkanes of at least 4 members (excludes halogenated alkanes) is 18. The standard InChI is InChI=1S/C50H91NO18/c1-3-5-7-9-11-13-14-15-16-17-18-19-20-22-24-26-28-38(56)51-33(34(55)27-25-23-21-12-10-8-6-4-2)32-64-48-44(62)41(59)46(36(30-53)66-48)69-50-45(63)42(60)47(37(31-54)67-50)68-49-43(61)40(58)39(57)35(29-52)65-49/h16-17,25,27,33-37,39-50,52-55,57-63H,3-15,18-24,26,28-32H2,1-2H3,(H,51,56)/b17-16-,27-25+. The summed E-state index contributed by atoms with van der Waals surface area (Å²) < 4.78 is 34.0. The minimum Gasteiger partial charge on any atom is -0.394 e. The van der Waals surface area contributed by atoms with Gasteiger partial charge in [-0.1, -0.05) is 128 Å². The summed E-state index contributed by atoms with van der Waals surface area (Å²) in [7, 11) is 0. The summed E-state index contributed by atoms with van der Waals surface area (Å²) in [5, 5.41) is 119. The van der Waals surface area contributed by atoms with E-state index >= 15 is 0 Å². The maximum Gasteiger partial charge on any atom is 0.220 e. The third-order valence-electron chi connectivity index (χ3n) is 13.2. The maximum absolute atomic E-state index is 13.2. The van der Waals surface area contributed by atoms with Gasteiger partial charge in [-0.25, -0.2) is 0 Å². The van der Waals surface area contributed by atoms with E-state index in [4.69, 9.17) is 28.4 Å². The molecule has 0 bridgehead atoms. The van der Waals surface area contributed by atoms with E-state index in [0.29, 0.717) is 6.42 Å². The van der Waals surface area contributed by atoms with Gasteiger partial charge in [0, 0.05) is 6.42 Å². The Morgan fingerprint density at radius 3 is 1.41 bits per heavy atom. The van der Waals surface area contributed by atoms with Crippen LogP contribution in [0.25, 0.3) is 0 Å². The second kappa shape index (κ2) is 35.4. The maximum atomic E-state index is 13.2. The fourth-order valence-corrected chi connectivity index (χ4v) is 8.83. The number of allylic oxidation sites excluding steroid dienone is 3. The van der Waals surface area contributed by atoms with Crippen LogP contribution in [0.4, 0.5) is 0 Å². The zero-order valence-corrected chi connectivity index (χ0v) is 41.3. The Kier molecular flexibility index (Phi) is 31.6. The van der Waals surface area contributed by atoms with E-state index in [1.54, 1.807) is 6.08 Å². The molecule has 0 radical (unpaired) electrons. The number of nitrogens with one attached hydrogen (secondary N) is 1. The number of carbonyl (C=O) groups excluding carboxylic acids is 1. The molecule has 0 aromatic rings. The highest BCUT2D eigenvalue weighted by atomic mass is 16.8. The van der Waals surface area contributed by atoms with Crippen LogP contribution in [0, 0.1) is 0 Å². The van der Waals surface area contributed by atoms with Crippen molar-refractivity contribution in [2.75, 3.05) is 26.4 Å². The van der Waals surface area contributed by atoms with Gasteiger partial charge in [0.25, 0.3) is 0 Å². The van der Waals surface area contributed by atoms with E-state index in [1.807, 2.05) is 6.08 Å². The zero-order chi connectivity index (χ0) is 50.6. The van der Waals surface area contributed by atoms with Crippen molar-refractivity contribution < 1.29 is 89.4 Å². The molecule has 0 saturated carbocycles. The predicted molar refractivity (Wildman–Crippen MR) is 254 cm³/mol. The summed E-state index contributed by atoms with van der Waals surface area (Å²) in [5.41, 5.74) is 0. The van der Waals surface area contributed by atoms with Crippen LogP contribution < -0.4 is 5.32 Å². The van der Waals surface area contributed by atoms with Crippen LogP contribution in [0.1, 0.15) is 155 Å². The number of hydrogen-bond donors (Lipinski definition) is 12. The fraction of sp³-hybridized carbons (Fsp3) is 0.900. The molecular formula is C50H91NO18. The van der Waals surface area contributed by atoms with Gasteiger partial charge in [-0.15, -0.1) is 0 Å². The van der Waals surface area contributed by atoms with Crippen LogP contribution in [-0.2, 0) is 33.2 Å². The molecule has 19 nitrogen and oxygen atoms in total. The number of rotatable bonds is 36. The van der Waals surface area contributed by atoms with Gasteiger partial charge in [0.15, 0.2) is 18.9 Å². The predicted octanol–water partition coefficient (Wildman–Crippen LogP) is 2.03. The second-order valence-corrected chi connectivity index (χ2v) is 19.0. The van der Waals surface area contributed by atoms with Crippen LogP contribution in [0.3, 0.4) is 0 Å². The average molecular weight is 994 g/mol. The van der Waals surface area contributed by atoms with E-state index in [1.165, 1.54) is 57.8 Å². The Balaban J connectivity index is 1.53. The number of amides is 1. The van der Waals surface area contributed by atoms with Crippen molar-refractivity contribution >= 4 is 5.91 Å². The quantitative estimate of drug-likeness (QED) is 0.0316. The van der Waals surface area contributed by atoms with Gasteiger partial charge in [0.05, 0.1) is 38.6 Å². The SMILES string of the molecule is CCCCCCCC/C=C/C(O)C(COC1OC(CO)C(OC2OC(CO)C(OC3OC(CO)C(O)C(O)C3O)C(O)C2O)C(O)C1O)NC(=O)CCCCCCC/C=C\CCCCCCCCC. The average Bonchev–Trinajstić information content (AvgIpc) is 3.34. The van der Waals surface area contributed by atoms with E-state index in [0.717, 1.165) is 70.6 Å². The van der Waals surface area contributed by atoms with Crippen molar-refractivity contribution in [1.29, 1.82) is 0 Å². The first kappa shape index (κ1) is 61.6. The Morgan fingerprint density at radius 1 is 0.507 bits per heavy atom. The third-order valence-corrected chi connectivity index (χ3v) is 13.2. The molecule has 3 heterocycles. The van der Waals surface area contributed by atoms with Crippen molar-refractivity contribution in [3.63, 3.8) is 0 Å². The highest BCUT2D eigenvalue weighted by Gasteiger charge is 2.53. The molecule has 0 aromatic carbocycles. The summed E-state index contributed by atoms with van der Waals surface area (Å²) in [6.07, 6.45) is 4.89. The summed E-state index contributed by atoms with van der Waals surface area (Å²) in [6.45, 7) is 1.62. The number of carbonyl (C=O) groups is 1. The molecule has 1 amide bonds. The van der Waals surface area contributed by atoms with Crippen LogP contribution in [0.5, 0.6) is 0 Å². The van der Waals surface area contributed by atoms with Crippen molar-refractivity contribution in [2.45, 2.75) is 259 Å². The minimum atomic E-state index is -1.98. The number of aliphatic hydroxyl groups is 11. The van der Waals surface area contributed by atoms with Gasteiger partial charge >= 0.3 is 0 Å². The van der Waals surface area contributed by atoms with Crippen molar-refractivity contribution in [3.8, 4) is 0 Å². The summed E-state index contributed by atoms with van der Waals surface area (Å²) in [5.74, 6) is -0.289. The lowest BCUT2D eigenvalue weighted by atomic mass is 9.96. The number of aliphatic hydroxyl groups excluding tert-OH is 11. The van der Waals surface area contributed by atoms with Gasteiger partial charge in [-0.05, 0) is 44.9 Å². The topological polar surface area (TPSA) is 307 Å². The first-order valence-corrected chi connectivity index (χ1v) is 26.1. The smallest absolute Gasteiger partial charge is 0.220 e. The molecule has 3 aliphatic rings. The molecule has 69 heavy (non-hydrogen) atoms. The van der Waals surface area contributed by atoms with E-state index in [2.05, 4.69) is 31.3 Å².